The highest BCUT2D eigenvalue weighted by Crippen LogP contribution is 2.29. The van der Waals surface area contributed by atoms with Crippen LogP contribution in [0.25, 0.3) is 11.4 Å². The Morgan fingerprint density at radius 2 is 1.92 bits per heavy atom. The molecule has 0 bridgehead atoms. The van der Waals surface area contributed by atoms with E-state index in [0.29, 0.717) is 0 Å². The van der Waals surface area contributed by atoms with Gasteiger partial charge in [0, 0.05) is 23.9 Å². The Morgan fingerprint density at radius 3 is 2.65 bits per heavy atom. The molecule has 130 valence electrons. The van der Waals surface area contributed by atoms with Crippen LogP contribution in [0.4, 0.5) is 5.69 Å². The maximum absolute atomic E-state index is 11.1. The standard InChI is InChI=1S/C19H17N5OS/c1-12-4-3-5-15(10-12)18-21-22-19-24(18)23-17(11-26-19)14-6-8-16(9-7-14)20-13(2)25/h3-10H,11H2,1-2H3,(H,20,25). The first-order chi connectivity index (χ1) is 12.6. The predicted octanol–water partition coefficient (Wildman–Crippen LogP) is 3.57. The molecule has 1 aliphatic heterocycles. The molecule has 0 radical (unpaired) electrons. The fourth-order valence-corrected chi connectivity index (χ4v) is 3.62. The number of carbonyl (C=O) groups is 1. The van der Waals surface area contributed by atoms with Crippen molar-refractivity contribution in [2.24, 2.45) is 5.10 Å². The van der Waals surface area contributed by atoms with Crippen LogP contribution in [0.5, 0.6) is 0 Å². The van der Waals surface area contributed by atoms with Gasteiger partial charge in [-0.3, -0.25) is 4.79 Å². The number of nitrogens with zero attached hydrogens (tertiary/aromatic N) is 4. The molecule has 1 aliphatic rings. The quantitative estimate of drug-likeness (QED) is 0.772. The number of aryl methyl sites for hydroxylation is 1. The molecule has 4 rings (SSSR count). The number of anilines is 1. The minimum atomic E-state index is -0.0831. The van der Waals surface area contributed by atoms with E-state index >= 15 is 0 Å². The molecule has 26 heavy (non-hydrogen) atoms. The zero-order valence-electron chi connectivity index (χ0n) is 14.4. The van der Waals surface area contributed by atoms with Gasteiger partial charge in [0.2, 0.25) is 11.1 Å². The van der Waals surface area contributed by atoms with E-state index in [1.807, 2.05) is 36.4 Å². The third-order valence-corrected chi connectivity index (χ3v) is 4.92. The first-order valence-electron chi connectivity index (χ1n) is 8.21. The minimum absolute atomic E-state index is 0.0831. The second kappa shape index (κ2) is 6.76. The van der Waals surface area contributed by atoms with Crippen LogP contribution in [0.1, 0.15) is 18.1 Å². The maximum atomic E-state index is 11.1. The van der Waals surface area contributed by atoms with E-state index in [1.54, 1.807) is 16.4 Å². The van der Waals surface area contributed by atoms with E-state index in [4.69, 9.17) is 5.10 Å². The van der Waals surface area contributed by atoms with Crippen LogP contribution in [-0.4, -0.2) is 32.2 Å². The summed E-state index contributed by atoms with van der Waals surface area (Å²) in [6, 6.07) is 15.8. The summed E-state index contributed by atoms with van der Waals surface area (Å²) in [5.74, 6) is 1.38. The summed E-state index contributed by atoms with van der Waals surface area (Å²) in [5, 5.41) is 16.9. The van der Waals surface area contributed by atoms with Gasteiger partial charge in [-0.25, -0.2) is 0 Å². The van der Waals surface area contributed by atoms with E-state index in [-0.39, 0.29) is 5.91 Å². The molecule has 1 amide bonds. The van der Waals surface area contributed by atoms with Crippen molar-refractivity contribution < 1.29 is 4.79 Å². The highest BCUT2D eigenvalue weighted by atomic mass is 32.2. The molecule has 0 atom stereocenters. The first-order valence-corrected chi connectivity index (χ1v) is 9.20. The van der Waals surface area contributed by atoms with Gasteiger partial charge >= 0.3 is 0 Å². The molecule has 3 aromatic rings. The van der Waals surface area contributed by atoms with Crippen LogP contribution in [0, 0.1) is 6.92 Å². The Morgan fingerprint density at radius 1 is 1.12 bits per heavy atom. The molecular weight excluding hydrogens is 346 g/mol. The number of aromatic nitrogens is 3. The zero-order chi connectivity index (χ0) is 18.1. The van der Waals surface area contributed by atoms with Gasteiger partial charge in [0.05, 0.1) is 5.71 Å². The smallest absolute Gasteiger partial charge is 0.221 e. The average molecular weight is 363 g/mol. The van der Waals surface area contributed by atoms with Gasteiger partial charge < -0.3 is 5.32 Å². The van der Waals surface area contributed by atoms with Gasteiger partial charge in [-0.1, -0.05) is 47.7 Å². The van der Waals surface area contributed by atoms with E-state index in [9.17, 15) is 4.79 Å². The van der Waals surface area contributed by atoms with Crippen molar-refractivity contribution in [1.29, 1.82) is 0 Å². The lowest BCUT2D eigenvalue weighted by Crippen LogP contribution is -2.14. The topological polar surface area (TPSA) is 72.2 Å². The first kappa shape index (κ1) is 16.5. The van der Waals surface area contributed by atoms with Crippen LogP contribution >= 0.6 is 11.8 Å². The molecule has 6 nitrogen and oxygen atoms in total. The summed E-state index contributed by atoms with van der Waals surface area (Å²) in [7, 11) is 0. The van der Waals surface area contributed by atoms with Gasteiger partial charge in [-0.2, -0.15) is 9.78 Å². The molecule has 2 heterocycles. The predicted molar refractivity (Wildman–Crippen MR) is 104 cm³/mol. The third kappa shape index (κ3) is 3.25. The Balaban J connectivity index is 1.69. The van der Waals surface area contributed by atoms with E-state index in [2.05, 4.69) is 34.6 Å². The van der Waals surface area contributed by atoms with Crippen molar-refractivity contribution in [3.05, 3.63) is 59.7 Å². The van der Waals surface area contributed by atoms with Crippen molar-refractivity contribution >= 4 is 29.1 Å². The van der Waals surface area contributed by atoms with Gasteiger partial charge in [0.15, 0.2) is 5.82 Å². The summed E-state index contributed by atoms with van der Waals surface area (Å²) in [5.41, 5.74) is 4.90. The molecule has 0 spiro atoms. The maximum Gasteiger partial charge on any atom is 0.221 e. The second-order valence-corrected chi connectivity index (χ2v) is 7.02. The Hall–Kier alpha value is -2.93. The summed E-state index contributed by atoms with van der Waals surface area (Å²) < 4.78 is 1.81. The van der Waals surface area contributed by atoms with Crippen molar-refractivity contribution in [2.45, 2.75) is 19.0 Å². The Labute approximate surface area is 155 Å². The lowest BCUT2D eigenvalue weighted by Gasteiger charge is -2.14. The molecule has 7 heteroatoms. The number of fused-ring (bicyclic) bond motifs is 1. The summed E-state index contributed by atoms with van der Waals surface area (Å²) in [4.78, 5) is 11.1. The number of hydrogen-bond acceptors (Lipinski definition) is 5. The summed E-state index contributed by atoms with van der Waals surface area (Å²) >= 11 is 1.62. The number of amides is 1. The highest BCUT2D eigenvalue weighted by Gasteiger charge is 2.20. The number of rotatable bonds is 3. The lowest BCUT2D eigenvalue weighted by atomic mass is 10.1. The van der Waals surface area contributed by atoms with Gasteiger partial charge in [0.1, 0.15) is 0 Å². The van der Waals surface area contributed by atoms with Crippen molar-refractivity contribution in [3.8, 4) is 11.4 Å². The SMILES string of the molecule is CC(=O)Nc1ccc(C2=Nn3c(nnc3-c3cccc(C)c3)SC2)cc1. The second-order valence-electron chi connectivity index (χ2n) is 6.08. The van der Waals surface area contributed by atoms with Crippen LogP contribution < -0.4 is 5.32 Å². The number of nitrogens with one attached hydrogen (secondary N) is 1. The molecule has 0 saturated heterocycles. The monoisotopic (exact) mass is 363 g/mol. The molecule has 2 aromatic carbocycles. The number of benzene rings is 2. The van der Waals surface area contributed by atoms with Crippen LogP contribution in [0.15, 0.2) is 58.8 Å². The van der Waals surface area contributed by atoms with Crippen LogP contribution in [0.2, 0.25) is 0 Å². The Kier molecular flexibility index (Phi) is 4.30. The van der Waals surface area contributed by atoms with Crippen molar-refractivity contribution in [1.82, 2.24) is 14.9 Å². The molecule has 0 unspecified atom stereocenters. The minimum Gasteiger partial charge on any atom is -0.326 e. The van der Waals surface area contributed by atoms with Crippen LogP contribution in [-0.2, 0) is 4.79 Å². The fourth-order valence-electron chi connectivity index (χ4n) is 2.78. The fraction of sp³-hybridized carbons (Fsp3) is 0.158. The molecule has 0 saturated carbocycles. The van der Waals surface area contributed by atoms with E-state index in [1.165, 1.54) is 12.5 Å². The van der Waals surface area contributed by atoms with Gasteiger partial charge in [0.25, 0.3) is 0 Å². The number of carbonyl (C=O) groups excluding carboxylic acids is 1. The highest BCUT2D eigenvalue weighted by molar-refractivity contribution is 7.99. The Bertz CT molecular complexity index is 1010. The lowest BCUT2D eigenvalue weighted by molar-refractivity contribution is -0.114. The van der Waals surface area contributed by atoms with Crippen molar-refractivity contribution in [2.75, 3.05) is 11.1 Å². The number of hydrogen-bond donors (Lipinski definition) is 1. The molecule has 0 fully saturated rings. The summed E-state index contributed by atoms with van der Waals surface area (Å²) in [6.45, 7) is 3.55. The van der Waals surface area contributed by atoms with Gasteiger partial charge in [-0.15, -0.1) is 10.2 Å². The normalized spacial score (nSPS) is 13.1. The van der Waals surface area contributed by atoms with Crippen molar-refractivity contribution in [3.63, 3.8) is 0 Å². The summed E-state index contributed by atoms with van der Waals surface area (Å²) in [6.07, 6.45) is 0. The molecule has 1 aromatic heterocycles. The third-order valence-electron chi connectivity index (χ3n) is 3.99. The molecule has 1 N–H and O–H groups in total. The zero-order valence-corrected chi connectivity index (χ0v) is 15.2. The largest absolute Gasteiger partial charge is 0.326 e. The average Bonchev–Trinajstić information content (AvgIpc) is 3.05. The van der Waals surface area contributed by atoms with Gasteiger partial charge in [-0.05, 0) is 30.7 Å². The molecule has 0 aliphatic carbocycles. The van der Waals surface area contributed by atoms with E-state index in [0.717, 1.165) is 39.3 Å². The molecular formula is C19H17N5OS. The van der Waals surface area contributed by atoms with Crippen LogP contribution in [0.3, 0.4) is 0 Å². The number of thioether (sulfide) groups is 1. The van der Waals surface area contributed by atoms with E-state index < -0.39 is 0 Å².